The lowest BCUT2D eigenvalue weighted by molar-refractivity contribution is 0.185. The predicted octanol–water partition coefficient (Wildman–Crippen LogP) is 1.54. The van der Waals surface area contributed by atoms with Crippen molar-refractivity contribution in [3.05, 3.63) is 0 Å². The van der Waals surface area contributed by atoms with E-state index in [4.69, 9.17) is 0 Å². The van der Waals surface area contributed by atoms with Gasteiger partial charge in [-0.25, -0.2) is 13.1 Å². The number of hydrogen-bond donors (Lipinski definition) is 2. The van der Waals surface area contributed by atoms with Gasteiger partial charge < -0.3 is 5.11 Å². The first-order valence-electron chi connectivity index (χ1n) is 6.72. The van der Waals surface area contributed by atoms with Crippen LogP contribution in [0.3, 0.4) is 0 Å². The molecule has 0 radical (unpaired) electrons. The summed E-state index contributed by atoms with van der Waals surface area (Å²) in [7, 11) is -3.25. The molecule has 0 aromatic rings. The number of aliphatic hydroxyl groups is 1. The van der Waals surface area contributed by atoms with Gasteiger partial charge in [0.15, 0.2) is 0 Å². The zero-order chi connectivity index (χ0) is 12.4. The van der Waals surface area contributed by atoms with E-state index >= 15 is 0 Å². The van der Waals surface area contributed by atoms with Crippen molar-refractivity contribution in [2.75, 3.05) is 6.61 Å². The fraction of sp³-hybridized carbons (Fsp3) is 1.00. The van der Waals surface area contributed by atoms with Crippen molar-refractivity contribution in [1.82, 2.24) is 4.72 Å². The standard InChI is InChI=1S/C12H23NO3S/c14-10-12(8-4-5-9-12)13-17(15,16)11-6-2-1-3-7-11/h11,13-14H,1-10H2. The molecule has 0 aromatic carbocycles. The first-order chi connectivity index (χ1) is 8.08. The predicted molar refractivity (Wildman–Crippen MR) is 67.2 cm³/mol. The zero-order valence-electron chi connectivity index (χ0n) is 10.3. The van der Waals surface area contributed by atoms with Crippen molar-refractivity contribution in [3.63, 3.8) is 0 Å². The largest absolute Gasteiger partial charge is 0.394 e. The van der Waals surface area contributed by atoms with E-state index in [-0.39, 0.29) is 11.9 Å². The summed E-state index contributed by atoms with van der Waals surface area (Å²) in [5.74, 6) is 0. The lowest BCUT2D eigenvalue weighted by Crippen LogP contribution is -2.52. The second-order valence-electron chi connectivity index (χ2n) is 5.55. The van der Waals surface area contributed by atoms with Gasteiger partial charge in [0.05, 0.1) is 17.4 Å². The minimum absolute atomic E-state index is 0.0705. The summed E-state index contributed by atoms with van der Waals surface area (Å²) < 4.78 is 27.4. The van der Waals surface area contributed by atoms with Gasteiger partial charge in [-0.1, -0.05) is 32.1 Å². The average Bonchev–Trinajstić information content (AvgIpc) is 2.79. The third kappa shape index (κ3) is 3.01. The molecule has 2 aliphatic carbocycles. The van der Waals surface area contributed by atoms with Gasteiger partial charge in [-0.3, -0.25) is 0 Å². The van der Waals surface area contributed by atoms with Gasteiger partial charge in [-0.05, 0) is 25.7 Å². The Kier molecular flexibility index (Phi) is 4.10. The quantitative estimate of drug-likeness (QED) is 0.807. The van der Waals surface area contributed by atoms with Gasteiger partial charge in [-0.2, -0.15) is 0 Å². The van der Waals surface area contributed by atoms with Crippen molar-refractivity contribution < 1.29 is 13.5 Å². The SMILES string of the molecule is O=S(=O)(NC1(CO)CCCC1)C1CCCCC1. The minimum atomic E-state index is -3.25. The Morgan fingerprint density at radius 1 is 1.06 bits per heavy atom. The Morgan fingerprint density at radius 2 is 1.65 bits per heavy atom. The normalized spacial score (nSPS) is 26.2. The molecule has 2 rings (SSSR count). The fourth-order valence-electron chi connectivity index (χ4n) is 3.10. The Morgan fingerprint density at radius 3 is 2.18 bits per heavy atom. The van der Waals surface area contributed by atoms with E-state index in [2.05, 4.69) is 4.72 Å². The summed E-state index contributed by atoms with van der Waals surface area (Å²) >= 11 is 0. The van der Waals surface area contributed by atoms with Crippen LogP contribution in [0.15, 0.2) is 0 Å². The first-order valence-corrected chi connectivity index (χ1v) is 8.26. The molecule has 2 saturated carbocycles. The van der Waals surface area contributed by atoms with Crippen LogP contribution in [-0.4, -0.2) is 30.9 Å². The molecule has 4 nitrogen and oxygen atoms in total. The van der Waals surface area contributed by atoms with E-state index in [0.29, 0.717) is 0 Å². The van der Waals surface area contributed by atoms with E-state index in [1.807, 2.05) is 0 Å². The molecule has 2 N–H and O–H groups in total. The van der Waals surface area contributed by atoms with E-state index in [0.717, 1.165) is 57.8 Å². The second-order valence-corrected chi connectivity index (χ2v) is 7.51. The zero-order valence-corrected chi connectivity index (χ0v) is 11.1. The molecule has 0 saturated heterocycles. The highest BCUT2D eigenvalue weighted by Crippen LogP contribution is 2.32. The van der Waals surface area contributed by atoms with Crippen LogP contribution in [0.2, 0.25) is 0 Å². The second kappa shape index (κ2) is 5.24. The molecule has 0 aliphatic heterocycles. The molecular weight excluding hydrogens is 238 g/mol. The van der Waals surface area contributed by atoms with Crippen molar-refractivity contribution in [2.45, 2.75) is 68.6 Å². The highest BCUT2D eigenvalue weighted by Gasteiger charge is 2.39. The Labute approximate surface area is 104 Å². The van der Waals surface area contributed by atoms with Crippen molar-refractivity contribution >= 4 is 10.0 Å². The summed E-state index contributed by atoms with van der Waals surface area (Å²) in [6.07, 6.45) is 8.28. The maximum Gasteiger partial charge on any atom is 0.215 e. The third-order valence-electron chi connectivity index (χ3n) is 4.21. The van der Waals surface area contributed by atoms with Crippen molar-refractivity contribution in [2.24, 2.45) is 0 Å². The maximum absolute atomic E-state index is 12.3. The maximum atomic E-state index is 12.3. The van der Waals surface area contributed by atoms with Crippen LogP contribution in [0, 0.1) is 0 Å². The van der Waals surface area contributed by atoms with Crippen LogP contribution in [0.5, 0.6) is 0 Å². The monoisotopic (exact) mass is 261 g/mol. The first kappa shape index (κ1) is 13.3. The smallest absolute Gasteiger partial charge is 0.215 e. The fourth-order valence-corrected chi connectivity index (χ4v) is 5.10. The van der Waals surface area contributed by atoms with Crippen molar-refractivity contribution in [1.29, 1.82) is 0 Å². The van der Waals surface area contributed by atoms with Crippen LogP contribution >= 0.6 is 0 Å². The highest BCUT2D eigenvalue weighted by atomic mass is 32.2. The van der Waals surface area contributed by atoms with Gasteiger partial charge in [0.25, 0.3) is 0 Å². The molecular formula is C12H23NO3S. The molecule has 0 spiro atoms. The van der Waals surface area contributed by atoms with E-state index in [1.165, 1.54) is 0 Å². The van der Waals surface area contributed by atoms with Crippen molar-refractivity contribution in [3.8, 4) is 0 Å². The van der Waals surface area contributed by atoms with E-state index in [1.54, 1.807) is 0 Å². The number of hydrogen-bond acceptors (Lipinski definition) is 3. The minimum Gasteiger partial charge on any atom is -0.394 e. The lowest BCUT2D eigenvalue weighted by Gasteiger charge is -2.31. The molecule has 0 unspecified atom stereocenters. The van der Waals surface area contributed by atoms with E-state index < -0.39 is 15.6 Å². The molecule has 2 fully saturated rings. The summed E-state index contributed by atoms with van der Waals surface area (Å²) in [5, 5.41) is 9.22. The lowest BCUT2D eigenvalue weighted by atomic mass is 10.0. The molecule has 0 heterocycles. The Hall–Kier alpha value is -0.130. The van der Waals surface area contributed by atoms with Crippen LogP contribution in [0.1, 0.15) is 57.8 Å². The summed E-state index contributed by atoms with van der Waals surface area (Å²) in [6.45, 7) is -0.0705. The topological polar surface area (TPSA) is 66.4 Å². The van der Waals surface area contributed by atoms with Gasteiger partial charge in [0.1, 0.15) is 0 Å². The highest BCUT2D eigenvalue weighted by molar-refractivity contribution is 7.90. The van der Waals surface area contributed by atoms with Crippen LogP contribution in [-0.2, 0) is 10.0 Å². The number of aliphatic hydroxyl groups excluding tert-OH is 1. The van der Waals surface area contributed by atoms with Gasteiger partial charge in [0, 0.05) is 0 Å². The molecule has 0 amide bonds. The molecule has 2 aliphatic rings. The molecule has 5 heteroatoms. The van der Waals surface area contributed by atoms with Gasteiger partial charge >= 0.3 is 0 Å². The Bertz CT molecular complexity index is 341. The van der Waals surface area contributed by atoms with Crippen LogP contribution < -0.4 is 4.72 Å². The van der Waals surface area contributed by atoms with Gasteiger partial charge in [0.2, 0.25) is 10.0 Å². The molecule has 0 atom stereocenters. The number of rotatable bonds is 4. The number of nitrogens with one attached hydrogen (secondary N) is 1. The Balaban J connectivity index is 2.05. The summed E-state index contributed by atoms with van der Waals surface area (Å²) in [5.41, 5.74) is -0.559. The molecule has 17 heavy (non-hydrogen) atoms. The molecule has 0 aromatic heterocycles. The van der Waals surface area contributed by atoms with Crippen LogP contribution in [0.4, 0.5) is 0 Å². The summed E-state index contributed by atoms with van der Waals surface area (Å²) in [6, 6.07) is 0. The third-order valence-corrected chi connectivity index (χ3v) is 6.28. The summed E-state index contributed by atoms with van der Waals surface area (Å²) in [4.78, 5) is 0. The van der Waals surface area contributed by atoms with E-state index in [9.17, 15) is 13.5 Å². The van der Waals surface area contributed by atoms with Gasteiger partial charge in [-0.15, -0.1) is 0 Å². The van der Waals surface area contributed by atoms with Crippen LogP contribution in [0.25, 0.3) is 0 Å². The average molecular weight is 261 g/mol. The molecule has 0 bridgehead atoms. The molecule has 100 valence electrons. The number of sulfonamides is 1.